The molecule has 5 aromatic heterocycles. The maximum absolute atomic E-state index is 13.8. The summed E-state index contributed by atoms with van der Waals surface area (Å²) in [5, 5.41) is 17.6. The van der Waals surface area contributed by atoms with Gasteiger partial charge in [-0.25, -0.2) is 15.0 Å². The highest BCUT2D eigenvalue weighted by molar-refractivity contribution is 6.07. The van der Waals surface area contributed by atoms with Gasteiger partial charge in [-0.1, -0.05) is 47.2 Å². The number of likely N-dealkylation sites (N-methyl/N-ethyl adjacent to an activating group) is 1. The smallest absolute Gasteiger partial charge is 0.245 e. The predicted molar refractivity (Wildman–Crippen MR) is 495 cm³/mol. The van der Waals surface area contributed by atoms with Gasteiger partial charge in [0.1, 0.15) is 46.5 Å². The minimum Gasteiger partial charge on any atom is -0.494 e. The normalized spacial score (nSPS) is 12.4. The molecule has 6 heterocycles. The van der Waals surface area contributed by atoms with E-state index < -0.39 is 11.9 Å². The summed E-state index contributed by atoms with van der Waals surface area (Å²) in [6.45, 7) is 11.3. The Morgan fingerprint density at radius 1 is 0.424 bits per heavy atom. The first kappa shape index (κ1) is 88.9. The SMILES string of the molecule is C[C@@H](C(=O)N(CCCn1cc(CCCCN(C)CCCOc2ccc(-c3nc4cc(-c5ccc6c(c5)N=C(c5ccc(OCCCN(C)C)cc5)C6)ccc4[nH]3)cc2)nn1)CC(N)=O)N(C)C(=O)CCCCCn1cc(CCCCN(C)CCCOc2ccc(-c3nc4cc(-c5ccc6[nH]c(-c7ccc(OCCCN(C)C)cc7)nc6c5)ccc4[nH]3)cc2)nn1. The van der Waals surface area contributed by atoms with Gasteiger partial charge in [0.25, 0.3) is 0 Å². The first-order valence-corrected chi connectivity index (χ1v) is 44.2. The van der Waals surface area contributed by atoms with Crippen molar-refractivity contribution in [2.45, 2.75) is 129 Å². The Kier molecular flexibility index (Phi) is 31.1. The molecule has 0 saturated heterocycles. The molecule has 0 saturated carbocycles. The zero-order valence-corrected chi connectivity index (χ0v) is 73.7. The minimum atomic E-state index is -0.771. The average Bonchev–Trinajstić information content (AvgIpc) is 1.64. The molecule has 1 aliphatic heterocycles. The van der Waals surface area contributed by atoms with E-state index >= 15 is 0 Å². The van der Waals surface area contributed by atoms with Crippen molar-refractivity contribution in [1.82, 2.24) is 89.3 Å². The molecule has 1 atom stereocenters. The van der Waals surface area contributed by atoms with Crippen LogP contribution < -0.4 is 24.7 Å². The van der Waals surface area contributed by atoms with Gasteiger partial charge in [0.15, 0.2) is 0 Å². The zero-order valence-electron chi connectivity index (χ0n) is 73.7. The van der Waals surface area contributed by atoms with Crippen molar-refractivity contribution >= 4 is 62.2 Å². The van der Waals surface area contributed by atoms with Gasteiger partial charge in [0, 0.05) is 94.8 Å². The number of nitrogens with zero attached hydrogens (tertiary/aromatic N) is 16. The number of nitrogens with two attached hydrogens (primary N) is 1. The Balaban J connectivity index is 0.418. The Morgan fingerprint density at radius 2 is 0.816 bits per heavy atom. The fraction of sp³-hybridized carbons (Fsp3) is 0.398. The molecule has 14 rings (SSSR count). The van der Waals surface area contributed by atoms with Crippen molar-refractivity contribution in [1.29, 1.82) is 0 Å². The molecule has 0 unspecified atom stereocenters. The second kappa shape index (κ2) is 43.8. The van der Waals surface area contributed by atoms with Crippen LogP contribution in [0.25, 0.3) is 89.5 Å². The summed E-state index contributed by atoms with van der Waals surface area (Å²) in [4.78, 5) is 81.8. The Hall–Kier alpha value is -12.4. The highest BCUT2D eigenvalue weighted by Gasteiger charge is 2.28. The minimum absolute atomic E-state index is 0.131. The molecule has 13 aromatic rings. The fourth-order valence-electron chi connectivity index (χ4n) is 15.7. The fourth-order valence-corrected chi connectivity index (χ4v) is 15.7. The summed E-state index contributed by atoms with van der Waals surface area (Å²) >= 11 is 0. The van der Waals surface area contributed by atoms with Crippen LogP contribution in [-0.2, 0) is 46.7 Å². The predicted octanol–water partition coefficient (Wildman–Crippen LogP) is 15.4. The molecule has 5 N–H and O–H groups in total. The van der Waals surface area contributed by atoms with Gasteiger partial charge >= 0.3 is 0 Å². The molecule has 27 heteroatoms. The zero-order chi connectivity index (χ0) is 87.0. The van der Waals surface area contributed by atoms with E-state index in [0.717, 1.165) is 264 Å². The van der Waals surface area contributed by atoms with Gasteiger partial charge in [-0.2, -0.15) is 0 Å². The number of carbonyl (C=O) groups is 3. The Bertz CT molecular complexity index is 5690. The van der Waals surface area contributed by atoms with Crippen molar-refractivity contribution < 1.29 is 33.3 Å². The number of benzene rings is 8. The quantitative estimate of drug-likeness (QED) is 0.0258. The topological polar surface area (TPSA) is 293 Å². The average molecular weight is 1690 g/mol. The summed E-state index contributed by atoms with van der Waals surface area (Å²) in [5.74, 6) is 4.75. The van der Waals surface area contributed by atoms with E-state index in [0.29, 0.717) is 58.8 Å². The van der Waals surface area contributed by atoms with Crippen LogP contribution in [0.3, 0.4) is 0 Å². The molecule has 1 aliphatic rings. The van der Waals surface area contributed by atoms with Gasteiger partial charge in [0.05, 0.1) is 88.9 Å². The number of aromatic nitrogens is 12. The summed E-state index contributed by atoms with van der Waals surface area (Å²) in [7, 11) is 14.2. The monoisotopic (exact) mass is 1690 g/mol. The molecule has 8 aromatic carbocycles. The molecular weight excluding hydrogens is 1570 g/mol. The lowest BCUT2D eigenvalue weighted by molar-refractivity contribution is -0.145. The van der Waals surface area contributed by atoms with Crippen molar-refractivity contribution in [3.63, 3.8) is 0 Å². The highest BCUT2D eigenvalue weighted by atomic mass is 16.5. The van der Waals surface area contributed by atoms with E-state index in [9.17, 15) is 14.4 Å². The van der Waals surface area contributed by atoms with Crippen LogP contribution in [0.2, 0.25) is 0 Å². The number of fused-ring (bicyclic) bond motifs is 4. The van der Waals surface area contributed by atoms with Crippen molar-refractivity contribution in [3.05, 3.63) is 205 Å². The third kappa shape index (κ3) is 25.4. The molecule has 27 nitrogen and oxygen atoms in total. The van der Waals surface area contributed by atoms with Gasteiger partial charge in [0.2, 0.25) is 17.7 Å². The number of ether oxygens (including phenoxy) is 4. The number of imidazole rings is 3. The van der Waals surface area contributed by atoms with E-state index in [-0.39, 0.29) is 24.9 Å². The Labute approximate surface area is 732 Å². The molecule has 125 heavy (non-hydrogen) atoms. The van der Waals surface area contributed by atoms with E-state index in [4.69, 9.17) is 44.6 Å². The van der Waals surface area contributed by atoms with Crippen LogP contribution in [0.1, 0.15) is 113 Å². The number of rotatable bonds is 50. The molecule has 0 bridgehead atoms. The number of nitrogens with one attached hydrogen (secondary N) is 3. The number of unbranched alkanes of at least 4 members (excludes halogenated alkanes) is 4. The molecule has 0 radical (unpaired) electrons. The Morgan fingerprint density at radius 3 is 1.25 bits per heavy atom. The van der Waals surface area contributed by atoms with Crippen LogP contribution in [0, 0.1) is 0 Å². The van der Waals surface area contributed by atoms with E-state index in [2.05, 4.69) is 195 Å². The van der Waals surface area contributed by atoms with E-state index in [1.54, 1.807) is 18.7 Å². The van der Waals surface area contributed by atoms with Crippen LogP contribution in [0.15, 0.2) is 187 Å². The summed E-state index contributed by atoms with van der Waals surface area (Å²) in [6.07, 6.45) is 17.4. The molecule has 3 amide bonds. The lowest BCUT2D eigenvalue weighted by Crippen LogP contribution is -2.50. The van der Waals surface area contributed by atoms with Crippen LogP contribution in [0.4, 0.5) is 5.69 Å². The third-order valence-corrected chi connectivity index (χ3v) is 23.0. The number of primary amides is 1. The maximum Gasteiger partial charge on any atom is 0.245 e. The summed E-state index contributed by atoms with van der Waals surface area (Å²) in [6, 6.07) is 57.4. The molecule has 654 valence electrons. The van der Waals surface area contributed by atoms with Gasteiger partial charge < -0.3 is 69.0 Å². The van der Waals surface area contributed by atoms with Gasteiger partial charge in [-0.05, 0) is 319 Å². The van der Waals surface area contributed by atoms with E-state index in [1.807, 2.05) is 89.9 Å². The van der Waals surface area contributed by atoms with Crippen LogP contribution >= 0.6 is 0 Å². The van der Waals surface area contributed by atoms with Crippen molar-refractivity contribution in [3.8, 4) is 79.4 Å². The number of aryl methyl sites for hydroxylation is 4. The molecule has 0 aliphatic carbocycles. The van der Waals surface area contributed by atoms with Gasteiger partial charge in [-0.3, -0.25) is 28.7 Å². The summed E-state index contributed by atoms with van der Waals surface area (Å²) < 4.78 is 27.9. The number of amides is 3. The maximum atomic E-state index is 13.8. The molecular formula is C98H120N20O7. The lowest BCUT2D eigenvalue weighted by Gasteiger charge is -2.30. The first-order valence-electron chi connectivity index (χ1n) is 44.2. The number of H-pyrrole nitrogens is 3. The largest absolute Gasteiger partial charge is 0.494 e. The number of hydrogen-bond donors (Lipinski definition) is 4. The molecule has 0 fully saturated rings. The number of aliphatic imine (C=N–C) groups is 1. The standard InChI is InChI=1S/C98H120N20O7/c1-69(115(8)94(120)23-10-9-13-55-117-66-79(107-109-117)21-11-14-50-113(6)52-19-59-125-84-43-32-73(33-44-84)97-103-87-47-36-77(64-92(87)106-97)76-35-46-86-91(63-76)105-96(102-86)71-28-39-82(40-29-71)123-58-18-49-112(4)5)98(121)116(68-93(99)119)54-16-56-118-67-80(108-110-118)22-12-15-51-114(7)53-20-60-124-83-41-30-72(31-42-83)95-101-85-45-34-75(62-90(85)104-95)74-24-25-78-65-88(100-89(78)61-74)70-26-37-81(38-27-70)122-57-17-48-111(2)3/h24-47,61-64,66-67,69H,9-23,48-60,65,68H2,1-8H3,(H2,99,119)(H,101,104)(H,102,105)(H,103,106)/t69-/m0/s1. The first-order chi connectivity index (χ1) is 60.8. The van der Waals surface area contributed by atoms with E-state index in [1.165, 1.54) is 15.4 Å². The second-order valence-electron chi connectivity index (χ2n) is 33.6. The highest BCUT2D eigenvalue weighted by Crippen LogP contribution is 2.37. The number of aromatic amines is 3. The van der Waals surface area contributed by atoms with Crippen LogP contribution in [-0.4, -0.2) is 247 Å². The summed E-state index contributed by atoms with van der Waals surface area (Å²) in [5.41, 5.74) is 24.9. The third-order valence-electron chi connectivity index (χ3n) is 23.0. The second-order valence-corrected chi connectivity index (χ2v) is 33.6. The molecule has 0 spiro atoms. The van der Waals surface area contributed by atoms with Crippen molar-refractivity contribution in [2.75, 3.05) is 128 Å². The number of hydrogen-bond acceptors (Lipinski definition) is 19. The van der Waals surface area contributed by atoms with Gasteiger partial charge in [-0.15, -0.1) is 10.2 Å². The van der Waals surface area contributed by atoms with Crippen molar-refractivity contribution in [2.24, 2.45) is 10.7 Å². The lowest BCUT2D eigenvalue weighted by atomic mass is 10.00. The number of carbonyl (C=O) groups excluding carboxylic acids is 3. The van der Waals surface area contributed by atoms with Crippen LogP contribution in [0.5, 0.6) is 23.0 Å².